The van der Waals surface area contributed by atoms with Crippen molar-refractivity contribution in [1.29, 1.82) is 0 Å². The summed E-state index contributed by atoms with van der Waals surface area (Å²) in [5, 5.41) is 8.73. The zero-order chi connectivity index (χ0) is 11.4. The van der Waals surface area contributed by atoms with E-state index in [-0.39, 0.29) is 5.38 Å². The maximum absolute atomic E-state index is 10.3. The van der Waals surface area contributed by atoms with Crippen LogP contribution in [0.5, 0.6) is 5.75 Å². The number of hydrogen-bond acceptors (Lipinski definition) is 2. The van der Waals surface area contributed by atoms with Crippen LogP contribution in [0.1, 0.15) is 17.9 Å². The van der Waals surface area contributed by atoms with Crippen LogP contribution in [0.3, 0.4) is 0 Å². The molecule has 0 radical (unpaired) electrons. The highest BCUT2D eigenvalue weighted by Gasteiger charge is 2.11. The van der Waals surface area contributed by atoms with E-state index < -0.39 is 12.6 Å². The van der Waals surface area contributed by atoms with E-state index in [1.54, 1.807) is 25.1 Å². The van der Waals surface area contributed by atoms with Gasteiger partial charge in [-0.1, -0.05) is 11.6 Å². The van der Waals surface area contributed by atoms with Crippen LogP contribution in [0.4, 0.5) is 0 Å². The zero-order valence-corrected chi connectivity index (χ0v) is 9.55. The minimum atomic E-state index is -1.03. The van der Waals surface area contributed by atoms with Crippen LogP contribution >= 0.6 is 23.2 Å². The van der Waals surface area contributed by atoms with Crippen molar-refractivity contribution in [2.45, 2.75) is 12.3 Å². The molecular formula is C10H10Cl2O3. The van der Waals surface area contributed by atoms with Gasteiger partial charge in [0.1, 0.15) is 5.75 Å². The summed E-state index contributed by atoms with van der Waals surface area (Å²) in [6.45, 7) is 1.37. The SMILES string of the molecule is CC(Cl)c1cc(Cl)ccc1OCC(=O)O. The fourth-order valence-corrected chi connectivity index (χ4v) is 1.45. The van der Waals surface area contributed by atoms with E-state index in [0.29, 0.717) is 16.3 Å². The van der Waals surface area contributed by atoms with Gasteiger partial charge in [0, 0.05) is 10.6 Å². The molecule has 15 heavy (non-hydrogen) atoms. The van der Waals surface area contributed by atoms with Crippen molar-refractivity contribution in [3.63, 3.8) is 0 Å². The van der Waals surface area contributed by atoms with E-state index >= 15 is 0 Å². The average Bonchev–Trinajstić information content (AvgIpc) is 2.15. The minimum Gasteiger partial charge on any atom is -0.482 e. The molecule has 1 aromatic rings. The highest BCUT2D eigenvalue weighted by atomic mass is 35.5. The minimum absolute atomic E-state index is 0.285. The third-order valence-corrected chi connectivity index (χ3v) is 2.22. The van der Waals surface area contributed by atoms with Crippen molar-refractivity contribution in [2.75, 3.05) is 6.61 Å². The molecule has 5 heteroatoms. The lowest BCUT2D eigenvalue weighted by atomic mass is 10.1. The first kappa shape index (κ1) is 12.1. The van der Waals surface area contributed by atoms with E-state index in [0.717, 1.165) is 0 Å². The lowest BCUT2D eigenvalue weighted by Crippen LogP contribution is -2.10. The number of hydrogen-bond donors (Lipinski definition) is 1. The van der Waals surface area contributed by atoms with Gasteiger partial charge in [0.25, 0.3) is 0 Å². The normalized spacial score (nSPS) is 12.2. The predicted molar refractivity (Wildman–Crippen MR) is 58.9 cm³/mol. The molecule has 0 heterocycles. The summed E-state index contributed by atoms with van der Waals surface area (Å²) in [7, 11) is 0. The number of carboxylic acid groups (broad SMARTS) is 1. The number of carboxylic acids is 1. The fourth-order valence-electron chi connectivity index (χ4n) is 1.10. The Morgan fingerprint density at radius 3 is 2.80 bits per heavy atom. The van der Waals surface area contributed by atoms with Crippen molar-refractivity contribution < 1.29 is 14.6 Å². The molecule has 0 aliphatic rings. The Kier molecular flexibility index (Phi) is 4.24. The second-order valence-corrected chi connectivity index (χ2v) is 4.07. The number of halogens is 2. The summed E-state index contributed by atoms with van der Waals surface area (Å²) in [5.74, 6) is -0.581. The highest BCUT2D eigenvalue weighted by molar-refractivity contribution is 6.30. The Bertz CT molecular complexity index is 364. The van der Waals surface area contributed by atoms with Crippen LogP contribution in [-0.4, -0.2) is 17.7 Å². The van der Waals surface area contributed by atoms with Crippen molar-refractivity contribution in [2.24, 2.45) is 0 Å². The fraction of sp³-hybridized carbons (Fsp3) is 0.300. The third-order valence-electron chi connectivity index (χ3n) is 1.75. The summed E-state index contributed by atoms with van der Waals surface area (Å²) >= 11 is 11.7. The monoisotopic (exact) mass is 248 g/mol. The van der Waals surface area contributed by atoms with Crippen molar-refractivity contribution >= 4 is 29.2 Å². The number of rotatable bonds is 4. The number of benzene rings is 1. The summed E-state index contributed by atoms with van der Waals surface area (Å²) in [6.07, 6.45) is 0. The number of alkyl halides is 1. The molecule has 0 spiro atoms. The van der Waals surface area contributed by atoms with Crippen LogP contribution in [0.15, 0.2) is 18.2 Å². The van der Waals surface area contributed by atoms with Crippen LogP contribution in [0.2, 0.25) is 5.02 Å². The Morgan fingerprint density at radius 2 is 2.27 bits per heavy atom. The Hall–Kier alpha value is -0.930. The molecule has 1 rings (SSSR count). The number of ether oxygens (including phenoxy) is 1. The molecule has 0 bridgehead atoms. The average molecular weight is 249 g/mol. The molecular weight excluding hydrogens is 239 g/mol. The standard InChI is InChI=1S/C10H10Cl2O3/c1-6(11)8-4-7(12)2-3-9(8)15-5-10(13)14/h2-4,6H,5H2,1H3,(H,13,14). The Balaban J connectivity index is 2.90. The molecule has 1 unspecified atom stereocenters. The van der Waals surface area contributed by atoms with E-state index in [1.807, 2.05) is 0 Å². The van der Waals surface area contributed by atoms with Gasteiger partial charge in [0.05, 0.1) is 5.38 Å². The van der Waals surface area contributed by atoms with Crippen LogP contribution < -0.4 is 4.74 Å². The van der Waals surface area contributed by atoms with Crippen LogP contribution in [0.25, 0.3) is 0 Å². The van der Waals surface area contributed by atoms with Gasteiger partial charge in [-0.3, -0.25) is 0 Å². The van der Waals surface area contributed by atoms with Crippen LogP contribution in [-0.2, 0) is 4.79 Å². The first-order valence-electron chi connectivity index (χ1n) is 4.29. The van der Waals surface area contributed by atoms with Gasteiger partial charge >= 0.3 is 5.97 Å². The van der Waals surface area contributed by atoms with E-state index in [9.17, 15) is 4.79 Å². The highest BCUT2D eigenvalue weighted by Crippen LogP contribution is 2.31. The Morgan fingerprint density at radius 1 is 1.60 bits per heavy atom. The van der Waals surface area contributed by atoms with Gasteiger partial charge in [-0.15, -0.1) is 11.6 Å². The summed E-state index contributed by atoms with van der Waals surface area (Å²) in [6, 6.07) is 4.90. The van der Waals surface area contributed by atoms with Gasteiger partial charge in [-0.05, 0) is 25.1 Å². The van der Waals surface area contributed by atoms with Gasteiger partial charge in [-0.25, -0.2) is 4.79 Å². The molecule has 1 N–H and O–H groups in total. The second-order valence-electron chi connectivity index (χ2n) is 2.98. The topological polar surface area (TPSA) is 46.5 Å². The van der Waals surface area contributed by atoms with Crippen molar-refractivity contribution in [3.8, 4) is 5.75 Å². The molecule has 1 aromatic carbocycles. The summed E-state index contributed by atoms with van der Waals surface area (Å²) < 4.78 is 5.07. The second kappa shape index (κ2) is 5.24. The van der Waals surface area contributed by atoms with Crippen molar-refractivity contribution in [3.05, 3.63) is 28.8 Å². The largest absolute Gasteiger partial charge is 0.482 e. The maximum Gasteiger partial charge on any atom is 0.341 e. The number of aliphatic carboxylic acids is 1. The molecule has 0 aromatic heterocycles. The Labute approximate surface area is 97.6 Å². The van der Waals surface area contributed by atoms with Gasteiger partial charge in [0.2, 0.25) is 0 Å². The quantitative estimate of drug-likeness (QED) is 0.834. The molecule has 0 fully saturated rings. The third kappa shape index (κ3) is 3.61. The van der Waals surface area contributed by atoms with Gasteiger partial charge < -0.3 is 9.84 Å². The molecule has 3 nitrogen and oxygen atoms in total. The van der Waals surface area contributed by atoms with E-state index in [2.05, 4.69) is 0 Å². The smallest absolute Gasteiger partial charge is 0.341 e. The molecule has 1 atom stereocenters. The summed E-state index contributed by atoms with van der Waals surface area (Å²) in [4.78, 5) is 10.3. The lowest BCUT2D eigenvalue weighted by Gasteiger charge is -2.11. The summed E-state index contributed by atoms with van der Waals surface area (Å²) in [5.41, 5.74) is 0.686. The zero-order valence-electron chi connectivity index (χ0n) is 8.04. The van der Waals surface area contributed by atoms with E-state index in [4.69, 9.17) is 33.0 Å². The molecule has 0 aliphatic carbocycles. The first-order chi connectivity index (χ1) is 7.00. The maximum atomic E-state index is 10.3. The number of carbonyl (C=O) groups is 1. The molecule has 82 valence electrons. The first-order valence-corrected chi connectivity index (χ1v) is 5.10. The molecule has 0 aliphatic heterocycles. The van der Waals surface area contributed by atoms with E-state index in [1.165, 1.54) is 0 Å². The van der Waals surface area contributed by atoms with Gasteiger partial charge in [0.15, 0.2) is 6.61 Å². The van der Waals surface area contributed by atoms with Crippen molar-refractivity contribution in [1.82, 2.24) is 0 Å². The van der Waals surface area contributed by atoms with Gasteiger partial charge in [-0.2, -0.15) is 0 Å². The molecule has 0 saturated heterocycles. The molecule has 0 amide bonds. The molecule has 0 saturated carbocycles. The van der Waals surface area contributed by atoms with Crippen LogP contribution in [0, 0.1) is 0 Å². The lowest BCUT2D eigenvalue weighted by molar-refractivity contribution is -0.139. The predicted octanol–water partition coefficient (Wildman–Crippen LogP) is 3.10.